The second kappa shape index (κ2) is 11.2. The third-order valence-electron chi connectivity index (χ3n) is 5.22. The Kier molecular flexibility index (Phi) is 8.31. The molecule has 0 aliphatic rings. The number of para-hydroxylation sites is 2. The van der Waals surface area contributed by atoms with Gasteiger partial charge in [-0.15, -0.1) is 0 Å². The number of nitrogens with one attached hydrogen (secondary N) is 1. The van der Waals surface area contributed by atoms with Crippen LogP contribution < -0.4 is 9.62 Å². The van der Waals surface area contributed by atoms with Gasteiger partial charge in [0.2, 0.25) is 5.91 Å². The predicted molar refractivity (Wildman–Crippen MR) is 135 cm³/mol. The maximum atomic E-state index is 13.4. The molecule has 0 aliphatic heterocycles. The van der Waals surface area contributed by atoms with Gasteiger partial charge in [0.15, 0.2) is 0 Å². The summed E-state index contributed by atoms with van der Waals surface area (Å²) in [6.07, 6.45) is 0. The van der Waals surface area contributed by atoms with Crippen molar-refractivity contribution in [1.82, 2.24) is 4.90 Å². The Hall–Kier alpha value is -3.36. The van der Waals surface area contributed by atoms with Crippen LogP contribution in [-0.4, -0.2) is 44.8 Å². The molecule has 0 aromatic heterocycles. The maximum absolute atomic E-state index is 13.4. The van der Waals surface area contributed by atoms with Crippen molar-refractivity contribution in [3.05, 3.63) is 89.4 Å². The first-order valence-corrected chi connectivity index (χ1v) is 12.6. The molecule has 0 radical (unpaired) electrons. The zero-order valence-corrected chi connectivity index (χ0v) is 20.5. The Morgan fingerprint density at radius 3 is 2.06 bits per heavy atom. The number of benzene rings is 3. The quantitative estimate of drug-likeness (QED) is 0.464. The molecule has 0 saturated heterocycles. The van der Waals surface area contributed by atoms with E-state index in [-0.39, 0.29) is 10.8 Å². The zero-order chi connectivity index (χ0) is 24.7. The van der Waals surface area contributed by atoms with Crippen LogP contribution in [-0.2, 0) is 14.8 Å². The number of hydrogen-bond acceptors (Lipinski definition) is 4. The minimum atomic E-state index is -4.07. The fourth-order valence-corrected chi connectivity index (χ4v) is 4.97. The van der Waals surface area contributed by atoms with E-state index in [9.17, 15) is 18.0 Å². The molecule has 0 saturated carbocycles. The van der Waals surface area contributed by atoms with Gasteiger partial charge in [0.25, 0.3) is 15.9 Å². The van der Waals surface area contributed by atoms with E-state index in [1.807, 2.05) is 13.8 Å². The molecule has 34 heavy (non-hydrogen) atoms. The number of amides is 2. The summed E-state index contributed by atoms with van der Waals surface area (Å²) in [6, 6.07) is 20.8. The number of anilines is 2. The van der Waals surface area contributed by atoms with Crippen molar-refractivity contribution in [2.75, 3.05) is 29.3 Å². The second-order valence-electron chi connectivity index (χ2n) is 7.37. The summed E-state index contributed by atoms with van der Waals surface area (Å²) in [4.78, 5) is 27.6. The van der Waals surface area contributed by atoms with E-state index in [1.165, 1.54) is 24.3 Å². The van der Waals surface area contributed by atoms with Gasteiger partial charge in [-0.2, -0.15) is 0 Å². The lowest BCUT2D eigenvalue weighted by Gasteiger charge is -2.25. The van der Waals surface area contributed by atoms with E-state index in [4.69, 9.17) is 11.6 Å². The van der Waals surface area contributed by atoms with E-state index < -0.39 is 22.5 Å². The average molecular weight is 500 g/mol. The highest BCUT2D eigenvalue weighted by Gasteiger charge is 2.28. The van der Waals surface area contributed by atoms with E-state index in [0.29, 0.717) is 35.1 Å². The van der Waals surface area contributed by atoms with E-state index in [2.05, 4.69) is 5.32 Å². The molecule has 3 aromatic carbocycles. The van der Waals surface area contributed by atoms with Crippen LogP contribution in [0.3, 0.4) is 0 Å². The fourth-order valence-electron chi connectivity index (χ4n) is 3.42. The van der Waals surface area contributed by atoms with E-state index in [0.717, 1.165) is 4.31 Å². The molecule has 0 bridgehead atoms. The largest absolute Gasteiger partial charge is 0.339 e. The van der Waals surface area contributed by atoms with Crippen LogP contribution in [0.2, 0.25) is 5.02 Å². The Balaban J connectivity index is 1.91. The molecule has 0 unspecified atom stereocenters. The van der Waals surface area contributed by atoms with Crippen LogP contribution in [0, 0.1) is 0 Å². The molecule has 3 rings (SSSR count). The monoisotopic (exact) mass is 499 g/mol. The molecule has 0 atom stereocenters. The molecule has 7 nitrogen and oxygen atoms in total. The minimum absolute atomic E-state index is 0.00524. The molecular formula is C25H26ClN3O4S. The Labute approximate surface area is 205 Å². The zero-order valence-electron chi connectivity index (χ0n) is 18.9. The van der Waals surface area contributed by atoms with Crippen molar-refractivity contribution >= 4 is 44.8 Å². The third kappa shape index (κ3) is 5.76. The number of halogens is 1. The lowest BCUT2D eigenvalue weighted by Crippen LogP contribution is -2.38. The van der Waals surface area contributed by atoms with Crippen molar-refractivity contribution in [2.24, 2.45) is 0 Å². The van der Waals surface area contributed by atoms with Crippen LogP contribution >= 0.6 is 11.6 Å². The second-order valence-corrected chi connectivity index (χ2v) is 9.67. The van der Waals surface area contributed by atoms with Gasteiger partial charge in [-0.1, -0.05) is 41.9 Å². The summed E-state index contributed by atoms with van der Waals surface area (Å²) >= 11 is 5.91. The average Bonchev–Trinajstić information content (AvgIpc) is 2.84. The first kappa shape index (κ1) is 25.3. The van der Waals surface area contributed by atoms with Gasteiger partial charge in [0, 0.05) is 18.1 Å². The van der Waals surface area contributed by atoms with Gasteiger partial charge >= 0.3 is 0 Å². The Morgan fingerprint density at radius 2 is 1.44 bits per heavy atom. The van der Waals surface area contributed by atoms with Crippen LogP contribution in [0.4, 0.5) is 11.4 Å². The molecule has 178 valence electrons. The standard InChI is InChI=1S/C25H26ClN3O4S/c1-3-28(4-2)25(31)22-12-8-9-13-23(22)27-24(30)18-29(20-10-6-5-7-11-20)34(32,33)21-16-14-19(26)15-17-21/h5-17H,3-4,18H2,1-2H3,(H,27,30). The summed E-state index contributed by atoms with van der Waals surface area (Å²) in [5.41, 5.74) is 0.993. The smallest absolute Gasteiger partial charge is 0.264 e. The van der Waals surface area contributed by atoms with Gasteiger partial charge in [-0.25, -0.2) is 8.42 Å². The minimum Gasteiger partial charge on any atom is -0.339 e. The number of hydrogen-bond donors (Lipinski definition) is 1. The number of sulfonamides is 1. The first-order chi connectivity index (χ1) is 16.3. The van der Waals surface area contributed by atoms with Gasteiger partial charge in [0.1, 0.15) is 6.54 Å². The SMILES string of the molecule is CCN(CC)C(=O)c1ccccc1NC(=O)CN(c1ccccc1)S(=O)(=O)c1ccc(Cl)cc1. The molecule has 0 aliphatic carbocycles. The topological polar surface area (TPSA) is 86.8 Å². The summed E-state index contributed by atoms with van der Waals surface area (Å²) in [6.45, 7) is 4.32. The highest BCUT2D eigenvalue weighted by molar-refractivity contribution is 7.92. The van der Waals surface area contributed by atoms with Gasteiger partial charge in [-0.3, -0.25) is 13.9 Å². The van der Waals surface area contributed by atoms with Crippen molar-refractivity contribution in [3.63, 3.8) is 0 Å². The summed E-state index contributed by atoms with van der Waals surface area (Å²) in [7, 11) is -4.07. The maximum Gasteiger partial charge on any atom is 0.264 e. The number of rotatable bonds is 9. The van der Waals surface area contributed by atoms with E-state index >= 15 is 0 Å². The first-order valence-electron chi connectivity index (χ1n) is 10.8. The summed E-state index contributed by atoms with van der Waals surface area (Å²) < 4.78 is 27.9. The molecule has 0 heterocycles. The Bertz CT molecular complexity index is 1240. The lowest BCUT2D eigenvalue weighted by atomic mass is 10.1. The molecule has 1 N–H and O–H groups in total. The summed E-state index contributed by atoms with van der Waals surface area (Å²) in [5, 5.41) is 3.11. The number of carbonyl (C=O) groups is 2. The third-order valence-corrected chi connectivity index (χ3v) is 7.26. The molecule has 0 fully saturated rings. The predicted octanol–water partition coefficient (Wildman–Crippen LogP) is 4.66. The molecular weight excluding hydrogens is 474 g/mol. The van der Waals surface area contributed by atoms with Crippen LogP contribution in [0.1, 0.15) is 24.2 Å². The Morgan fingerprint density at radius 1 is 0.853 bits per heavy atom. The highest BCUT2D eigenvalue weighted by atomic mass is 35.5. The van der Waals surface area contributed by atoms with E-state index in [1.54, 1.807) is 59.5 Å². The fraction of sp³-hybridized carbons (Fsp3) is 0.200. The van der Waals surface area contributed by atoms with Crippen LogP contribution in [0.15, 0.2) is 83.8 Å². The van der Waals surface area contributed by atoms with Gasteiger partial charge in [-0.05, 0) is 62.4 Å². The van der Waals surface area contributed by atoms with Crippen molar-refractivity contribution in [2.45, 2.75) is 18.7 Å². The summed E-state index contributed by atoms with van der Waals surface area (Å²) in [5.74, 6) is -0.796. The van der Waals surface area contributed by atoms with Crippen molar-refractivity contribution < 1.29 is 18.0 Å². The van der Waals surface area contributed by atoms with Crippen molar-refractivity contribution in [3.8, 4) is 0 Å². The molecule has 9 heteroatoms. The van der Waals surface area contributed by atoms with Crippen LogP contribution in [0.25, 0.3) is 0 Å². The lowest BCUT2D eigenvalue weighted by molar-refractivity contribution is -0.114. The molecule has 2 amide bonds. The van der Waals surface area contributed by atoms with Crippen molar-refractivity contribution in [1.29, 1.82) is 0 Å². The molecule has 0 spiro atoms. The van der Waals surface area contributed by atoms with Gasteiger partial charge in [0.05, 0.1) is 21.8 Å². The number of nitrogens with zero attached hydrogens (tertiary/aromatic N) is 2. The molecule has 3 aromatic rings. The highest BCUT2D eigenvalue weighted by Crippen LogP contribution is 2.25. The van der Waals surface area contributed by atoms with Crippen LogP contribution in [0.5, 0.6) is 0 Å². The number of carbonyl (C=O) groups excluding carboxylic acids is 2. The van der Waals surface area contributed by atoms with Gasteiger partial charge < -0.3 is 10.2 Å². The normalized spacial score (nSPS) is 11.0.